The molecule has 0 aliphatic carbocycles. The molecule has 1 nitrogen and oxygen atoms in total. The van der Waals surface area contributed by atoms with Crippen molar-refractivity contribution < 1.29 is 0 Å². The van der Waals surface area contributed by atoms with Crippen LogP contribution >= 0.6 is 23.2 Å². The van der Waals surface area contributed by atoms with Crippen molar-refractivity contribution in [3.8, 4) is 0 Å². The Morgan fingerprint density at radius 3 is 2.53 bits per heavy atom. The summed E-state index contributed by atoms with van der Waals surface area (Å²) in [6.07, 6.45) is 6.54. The Balaban J connectivity index is 1.94. The second kappa shape index (κ2) is 4.79. The lowest BCUT2D eigenvalue weighted by atomic mass is 10.0. The Labute approximate surface area is 113 Å². The van der Waals surface area contributed by atoms with Gasteiger partial charge in [-0.2, -0.15) is 0 Å². The minimum absolute atomic E-state index is 0.446. The summed E-state index contributed by atoms with van der Waals surface area (Å²) in [5.74, 6) is 0. The van der Waals surface area contributed by atoms with Crippen LogP contribution in [-0.4, -0.2) is 17.5 Å². The van der Waals surface area contributed by atoms with E-state index in [0.29, 0.717) is 6.04 Å². The van der Waals surface area contributed by atoms with Crippen molar-refractivity contribution in [3.63, 3.8) is 0 Å². The van der Waals surface area contributed by atoms with Gasteiger partial charge in [-0.1, -0.05) is 35.7 Å². The summed E-state index contributed by atoms with van der Waals surface area (Å²) in [4.78, 5) is 2.62. The van der Waals surface area contributed by atoms with Crippen LogP contribution in [0.15, 0.2) is 18.2 Å². The first-order valence-electron chi connectivity index (χ1n) is 6.47. The van der Waals surface area contributed by atoms with Gasteiger partial charge in [-0.05, 0) is 44.4 Å². The summed E-state index contributed by atoms with van der Waals surface area (Å²) in [5.41, 5.74) is 1.15. The van der Waals surface area contributed by atoms with E-state index in [1.807, 2.05) is 18.2 Å². The first-order valence-corrected chi connectivity index (χ1v) is 7.22. The van der Waals surface area contributed by atoms with E-state index in [2.05, 4.69) is 4.90 Å². The van der Waals surface area contributed by atoms with Crippen LogP contribution in [0.3, 0.4) is 0 Å². The topological polar surface area (TPSA) is 3.24 Å². The van der Waals surface area contributed by atoms with Crippen LogP contribution in [0.4, 0.5) is 0 Å². The molecule has 1 aromatic rings. The average molecular weight is 270 g/mol. The quantitative estimate of drug-likeness (QED) is 0.716. The molecule has 1 aromatic carbocycles. The van der Waals surface area contributed by atoms with Gasteiger partial charge in [0.1, 0.15) is 0 Å². The van der Waals surface area contributed by atoms with Crippen LogP contribution in [0, 0.1) is 0 Å². The fraction of sp³-hybridized carbons (Fsp3) is 0.571. The second-order valence-electron chi connectivity index (χ2n) is 5.12. The zero-order valence-electron chi connectivity index (χ0n) is 9.83. The van der Waals surface area contributed by atoms with Gasteiger partial charge in [-0.15, -0.1) is 0 Å². The van der Waals surface area contributed by atoms with Gasteiger partial charge < -0.3 is 0 Å². The average Bonchev–Trinajstić information content (AvgIpc) is 2.73. The Hall–Kier alpha value is -0.240. The molecular formula is C14H17Cl2N. The zero-order chi connectivity index (χ0) is 11.8. The highest BCUT2D eigenvalue weighted by molar-refractivity contribution is 6.36. The highest BCUT2D eigenvalue weighted by Crippen LogP contribution is 2.44. The van der Waals surface area contributed by atoms with Crippen LogP contribution in [0.5, 0.6) is 0 Å². The number of benzene rings is 1. The molecule has 2 atom stereocenters. The number of piperidine rings is 1. The van der Waals surface area contributed by atoms with Crippen molar-refractivity contribution in [2.75, 3.05) is 6.54 Å². The summed E-state index contributed by atoms with van der Waals surface area (Å²) in [6, 6.07) is 7.05. The molecule has 17 heavy (non-hydrogen) atoms. The van der Waals surface area contributed by atoms with Crippen LogP contribution in [-0.2, 0) is 0 Å². The molecular weight excluding hydrogens is 253 g/mol. The van der Waals surface area contributed by atoms with Gasteiger partial charge in [0.05, 0.1) is 0 Å². The maximum Gasteiger partial charge on any atom is 0.0468 e. The van der Waals surface area contributed by atoms with Gasteiger partial charge in [0.25, 0.3) is 0 Å². The molecule has 2 heterocycles. The highest BCUT2D eigenvalue weighted by atomic mass is 35.5. The normalized spacial score (nSPS) is 29.3. The SMILES string of the molecule is Clc1cccc(Cl)c1[C@@H]1CC[C@@H]2CCCCN21. The molecule has 0 N–H and O–H groups in total. The fourth-order valence-electron chi connectivity index (χ4n) is 3.40. The van der Waals surface area contributed by atoms with E-state index in [4.69, 9.17) is 23.2 Å². The maximum atomic E-state index is 6.33. The first kappa shape index (κ1) is 11.8. The van der Waals surface area contributed by atoms with Gasteiger partial charge >= 0.3 is 0 Å². The number of hydrogen-bond acceptors (Lipinski definition) is 1. The van der Waals surface area contributed by atoms with E-state index in [1.165, 1.54) is 38.6 Å². The van der Waals surface area contributed by atoms with Gasteiger partial charge in [0, 0.05) is 27.7 Å². The molecule has 92 valence electrons. The lowest BCUT2D eigenvalue weighted by Crippen LogP contribution is -2.36. The number of hydrogen-bond donors (Lipinski definition) is 0. The molecule has 0 saturated carbocycles. The fourth-order valence-corrected chi connectivity index (χ4v) is 4.05. The molecule has 0 unspecified atom stereocenters. The van der Waals surface area contributed by atoms with E-state index in [1.54, 1.807) is 0 Å². The van der Waals surface area contributed by atoms with Gasteiger partial charge in [-0.3, -0.25) is 4.90 Å². The Morgan fingerprint density at radius 1 is 1.00 bits per heavy atom. The van der Waals surface area contributed by atoms with Crippen molar-refractivity contribution in [2.45, 2.75) is 44.2 Å². The minimum Gasteiger partial charge on any atom is -0.293 e. The molecule has 0 spiro atoms. The van der Waals surface area contributed by atoms with Crippen molar-refractivity contribution in [3.05, 3.63) is 33.8 Å². The molecule has 2 aliphatic rings. The minimum atomic E-state index is 0.446. The predicted molar refractivity (Wildman–Crippen MR) is 72.8 cm³/mol. The predicted octanol–water partition coefficient (Wildman–Crippen LogP) is 4.68. The van der Waals surface area contributed by atoms with Crippen LogP contribution < -0.4 is 0 Å². The monoisotopic (exact) mass is 269 g/mol. The molecule has 2 fully saturated rings. The molecule has 3 heteroatoms. The number of rotatable bonds is 1. The third-order valence-corrected chi connectivity index (χ3v) is 4.84. The summed E-state index contributed by atoms with van der Waals surface area (Å²) in [7, 11) is 0. The van der Waals surface area contributed by atoms with Crippen LogP contribution in [0.2, 0.25) is 10.0 Å². The maximum absolute atomic E-state index is 6.33. The number of halogens is 2. The van der Waals surface area contributed by atoms with Crippen molar-refractivity contribution in [2.24, 2.45) is 0 Å². The molecule has 0 radical (unpaired) electrons. The van der Waals surface area contributed by atoms with Crippen molar-refractivity contribution in [1.82, 2.24) is 4.90 Å². The Morgan fingerprint density at radius 2 is 1.76 bits per heavy atom. The van der Waals surface area contributed by atoms with Gasteiger partial charge in [0.15, 0.2) is 0 Å². The smallest absolute Gasteiger partial charge is 0.0468 e. The first-order chi connectivity index (χ1) is 8.27. The molecule has 0 amide bonds. The zero-order valence-corrected chi connectivity index (χ0v) is 11.3. The standard InChI is InChI=1S/C14H17Cl2N/c15-11-5-3-6-12(16)14(11)13-8-7-10-4-1-2-9-17(10)13/h3,5-6,10,13H,1-2,4,7-9H2/t10-,13-/m0/s1. The largest absolute Gasteiger partial charge is 0.293 e. The van der Waals surface area contributed by atoms with E-state index in [0.717, 1.165) is 21.7 Å². The highest BCUT2D eigenvalue weighted by Gasteiger charge is 2.37. The van der Waals surface area contributed by atoms with Gasteiger partial charge in [-0.25, -0.2) is 0 Å². The third kappa shape index (κ3) is 2.09. The molecule has 3 rings (SSSR count). The van der Waals surface area contributed by atoms with Crippen molar-refractivity contribution in [1.29, 1.82) is 0 Å². The summed E-state index contributed by atoms with van der Waals surface area (Å²) in [5, 5.41) is 1.66. The third-order valence-electron chi connectivity index (χ3n) is 4.18. The molecule has 2 aliphatic heterocycles. The van der Waals surface area contributed by atoms with Crippen molar-refractivity contribution >= 4 is 23.2 Å². The second-order valence-corrected chi connectivity index (χ2v) is 5.93. The Bertz CT molecular complexity index is 398. The Kier molecular flexibility index (Phi) is 3.34. The summed E-state index contributed by atoms with van der Waals surface area (Å²) < 4.78 is 0. The van der Waals surface area contributed by atoms with Crippen LogP contribution in [0.25, 0.3) is 0 Å². The molecule has 0 bridgehead atoms. The van der Waals surface area contributed by atoms with E-state index < -0.39 is 0 Å². The van der Waals surface area contributed by atoms with E-state index in [-0.39, 0.29) is 0 Å². The summed E-state index contributed by atoms with van der Waals surface area (Å²) >= 11 is 12.7. The summed E-state index contributed by atoms with van der Waals surface area (Å²) in [6.45, 7) is 1.21. The molecule has 0 aromatic heterocycles. The van der Waals surface area contributed by atoms with E-state index in [9.17, 15) is 0 Å². The lowest BCUT2D eigenvalue weighted by Gasteiger charge is -2.34. The van der Waals surface area contributed by atoms with E-state index >= 15 is 0 Å². The number of nitrogens with zero attached hydrogens (tertiary/aromatic N) is 1. The van der Waals surface area contributed by atoms with Gasteiger partial charge in [0.2, 0.25) is 0 Å². The lowest BCUT2D eigenvalue weighted by molar-refractivity contribution is 0.150. The van der Waals surface area contributed by atoms with Crippen LogP contribution in [0.1, 0.15) is 43.7 Å². The number of fused-ring (bicyclic) bond motifs is 1. The molecule has 2 saturated heterocycles.